The third-order valence-corrected chi connectivity index (χ3v) is 6.49. The number of fused-ring (bicyclic) bond motifs is 1. The lowest BCUT2D eigenvalue weighted by Crippen LogP contribution is -2.54. The summed E-state index contributed by atoms with van der Waals surface area (Å²) in [5.41, 5.74) is 0.304. The number of hydrogen-bond donors (Lipinski definition) is 1. The quantitative estimate of drug-likeness (QED) is 0.650. The zero-order valence-corrected chi connectivity index (χ0v) is 16.1. The second-order valence-corrected chi connectivity index (χ2v) is 8.16. The van der Waals surface area contributed by atoms with Crippen molar-refractivity contribution in [2.24, 2.45) is 11.8 Å². The molecule has 27 heavy (non-hydrogen) atoms. The molecule has 2 saturated heterocycles. The molecule has 2 aliphatic heterocycles. The molecule has 0 aliphatic carbocycles. The minimum atomic E-state index is -1.26. The molecular weight excluding hydrogens is 364 g/mol. The highest BCUT2D eigenvalue weighted by molar-refractivity contribution is 7.10. The number of aryl methyl sites for hydroxylation is 1. The summed E-state index contributed by atoms with van der Waals surface area (Å²) in [5, 5.41) is 5.15. The monoisotopic (exact) mass is 384 g/mol. The van der Waals surface area contributed by atoms with Gasteiger partial charge in [-0.2, -0.15) is 0 Å². The lowest BCUT2D eigenvalue weighted by atomic mass is 9.81. The van der Waals surface area contributed by atoms with Crippen LogP contribution in [-0.2, 0) is 19.1 Å². The van der Waals surface area contributed by atoms with Gasteiger partial charge in [0.15, 0.2) is 0 Å². The zero-order valence-electron chi connectivity index (χ0n) is 15.3. The smallest absolute Gasteiger partial charge is 0.326 e. The Balaban J connectivity index is 1.81. The number of nitrogens with zero attached hydrogens (tertiary/aromatic N) is 1. The van der Waals surface area contributed by atoms with Gasteiger partial charge in [0.1, 0.15) is 5.54 Å². The Morgan fingerprint density at radius 3 is 2.48 bits per heavy atom. The molecule has 2 aliphatic rings. The van der Waals surface area contributed by atoms with Gasteiger partial charge >= 0.3 is 5.97 Å². The van der Waals surface area contributed by atoms with Crippen molar-refractivity contribution in [3.05, 3.63) is 52.2 Å². The number of benzene rings is 1. The van der Waals surface area contributed by atoms with E-state index in [4.69, 9.17) is 4.74 Å². The molecule has 0 radical (unpaired) electrons. The average molecular weight is 384 g/mol. The summed E-state index contributed by atoms with van der Waals surface area (Å²) in [6.07, 6.45) is 0. The number of amides is 2. The van der Waals surface area contributed by atoms with E-state index in [1.54, 1.807) is 19.1 Å². The summed E-state index contributed by atoms with van der Waals surface area (Å²) in [4.78, 5) is 41.3. The van der Waals surface area contributed by atoms with Crippen LogP contribution in [0.25, 0.3) is 0 Å². The number of thiophene rings is 1. The van der Waals surface area contributed by atoms with Gasteiger partial charge in [0.2, 0.25) is 11.8 Å². The SMILES string of the molecule is COC(=O)[C@]1(C)N[C@H](c2cccs2)[C@H]2C(=O)N(c3ccc(C)cc3)C(=O)[C@H]21. The van der Waals surface area contributed by atoms with Crippen molar-refractivity contribution in [3.8, 4) is 0 Å². The zero-order chi connectivity index (χ0) is 19.3. The van der Waals surface area contributed by atoms with Crippen LogP contribution in [0.1, 0.15) is 23.4 Å². The van der Waals surface area contributed by atoms with Gasteiger partial charge in [0, 0.05) is 4.88 Å². The van der Waals surface area contributed by atoms with E-state index in [9.17, 15) is 14.4 Å². The first-order valence-electron chi connectivity index (χ1n) is 8.72. The molecule has 7 heteroatoms. The summed E-state index contributed by atoms with van der Waals surface area (Å²) in [6.45, 7) is 3.59. The Labute approximate surface area is 161 Å². The Morgan fingerprint density at radius 2 is 1.89 bits per heavy atom. The van der Waals surface area contributed by atoms with Crippen molar-refractivity contribution in [2.45, 2.75) is 25.4 Å². The molecule has 0 spiro atoms. The van der Waals surface area contributed by atoms with Crippen LogP contribution >= 0.6 is 11.3 Å². The standard InChI is InChI=1S/C20H20N2O4S/c1-11-6-8-12(9-7-11)22-17(23)14-15(18(22)24)20(2,19(25)26-3)21-16(14)13-5-4-10-27-13/h4-10,14-16,21H,1-3H3/t14-,15-,16+,20+/m0/s1. The Kier molecular flexibility index (Phi) is 4.16. The molecule has 0 bridgehead atoms. The maximum Gasteiger partial charge on any atom is 0.326 e. The fourth-order valence-corrected chi connectivity index (χ4v) is 5.02. The Hall–Kier alpha value is -2.51. The molecule has 140 valence electrons. The van der Waals surface area contributed by atoms with Gasteiger partial charge in [-0.1, -0.05) is 23.8 Å². The highest BCUT2D eigenvalue weighted by atomic mass is 32.1. The molecule has 6 nitrogen and oxygen atoms in total. The first kappa shape index (κ1) is 17.9. The minimum absolute atomic E-state index is 0.285. The summed E-state index contributed by atoms with van der Waals surface area (Å²) in [7, 11) is 1.29. The van der Waals surface area contributed by atoms with Gasteiger partial charge in [0.25, 0.3) is 0 Å². The number of anilines is 1. The van der Waals surface area contributed by atoms with Gasteiger partial charge in [-0.25, -0.2) is 4.90 Å². The number of hydrogen-bond acceptors (Lipinski definition) is 6. The third kappa shape index (κ3) is 2.53. The number of rotatable bonds is 3. The molecule has 4 atom stereocenters. The summed E-state index contributed by atoms with van der Waals surface area (Å²) in [5.74, 6) is -2.66. The van der Waals surface area contributed by atoms with Gasteiger partial charge in [-0.3, -0.25) is 19.7 Å². The van der Waals surface area contributed by atoms with E-state index in [2.05, 4.69) is 5.32 Å². The van der Waals surface area contributed by atoms with E-state index >= 15 is 0 Å². The molecule has 0 unspecified atom stereocenters. The average Bonchev–Trinajstić information content (AvgIpc) is 3.34. The second-order valence-electron chi connectivity index (χ2n) is 7.18. The maximum absolute atomic E-state index is 13.3. The van der Waals surface area contributed by atoms with Crippen LogP contribution in [0.4, 0.5) is 5.69 Å². The molecule has 2 amide bonds. The normalized spacial score (nSPS) is 29.9. The first-order valence-corrected chi connectivity index (χ1v) is 9.60. The lowest BCUT2D eigenvalue weighted by molar-refractivity contribution is -0.151. The molecular formula is C20H20N2O4S. The molecule has 3 heterocycles. The van der Waals surface area contributed by atoms with Crippen LogP contribution in [0.5, 0.6) is 0 Å². The number of methoxy groups -OCH3 is 1. The van der Waals surface area contributed by atoms with Crippen LogP contribution in [0.15, 0.2) is 41.8 Å². The van der Waals surface area contributed by atoms with Crippen molar-refractivity contribution < 1.29 is 19.1 Å². The molecule has 1 N–H and O–H groups in total. The number of ether oxygens (including phenoxy) is 1. The van der Waals surface area contributed by atoms with Crippen molar-refractivity contribution in [1.82, 2.24) is 5.32 Å². The van der Waals surface area contributed by atoms with Gasteiger partial charge in [0.05, 0.1) is 30.7 Å². The van der Waals surface area contributed by atoms with Crippen molar-refractivity contribution in [2.75, 3.05) is 12.0 Å². The van der Waals surface area contributed by atoms with Crippen LogP contribution in [0.3, 0.4) is 0 Å². The number of nitrogens with one attached hydrogen (secondary N) is 1. The summed E-state index contributed by atoms with van der Waals surface area (Å²) >= 11 is 1.49. The largest absolute Gasteiger partial charge is 0.468 e. The van der Waals surface area contributed by atoms with Crippen LogP contribution < -0.4 is 10.2 Å². The Morgan fingerprint density at radius 1 is 1.19 bits per heavy atom. The van der Waals surface area contributed by atoms with Crippen molar-refractivity contribution in [1.29, 1.82) is 0 Å². The van der Waals surface area contributed by atoms with Gasteiger partial charge in [-0.15, -0.1) is 11.3 Å². The Bertz CT molecular complexity index is 909. The first-order chi connectivity index (χ1) is 12.9. The third-order valence-electron chi connectivity index (χ3n) is 5.54. The fourth-order valence-electron chi connectivity index (χ4n) is 4.20. The molecule has 1 aromatic heterocycles. The summed E-state index contributed by atoms with van der Waals surface area (Å²) in [6, 6.07) is 10.6. The maximum atomic E-state index is 13.3. The summed E-state index contributed by atoms with van der Waals surface area (Å²) < 4.78 is 4.97. The molecule has 2 fully saturated rings. The van der Waals surface area contributed by atoms with Crippen molar-refractivity contribution in [3.63, 3.8) is 0 Å². The van der Waals surface area contributed by atoms with E-state index in [0.717, 1.165) is 10.4 Å². The molecule has 4 rings (SSSR count). The van der Waals surface area contributed by atoms with Gasteiger partial charge < -0.3 is 4.74 Å². The number of imide groups is 1. The van der Waals surface area contributed by atoms with Crippen LogP contribution in [0.2, 0.25) is 0 Å². The highest BCUT2D eigenvalue weighted by Gasteiger charge is 2.67. The number of carbonyl (C=O) groups excluding carboxylic acids is 3. The molecule has 1 aromatic carbocycles. The van der Waals surface area contributed by atoms with Crippen LogP contribution in [0, 0.1) is 18.8 Å². The molecule has 2 aromatic rings. The highest BCUT2D eigenvalue weighted by Crippen LogP contribution is 2.50. The lowest BCUT2D eigenvalue weighted by Gasteiger charge is -2.28. The fraction of sp³-hybridized carbons (Fsp3) is 0.350. The second kappa shape index (κ2) is 6.28. The minimum Gasteiger partial charge on any atom is -0.468 e. The van der Waals surface area contributed by atoms with Crippen LogP contribution in [-0.4, -0.2) is 30.4 Å². The predicted molar refractivity (Wildman–Crippen MR) is 101 cm³/mol. The van der Waals surface area contributed by atoms with E-state index in [1.165, 1.54) is 23.3 Å². The van der Waals surface area contributed by atoms with Crippen molar-refractivity contribution >= 4 is 34.8 Å². The van der Waals surface area contributed by atoms with E-state index in [-0.39, 0.29) is 11.8 Å². The number of carbonyl (C=O) groups is 3. The predicted octanol–water partition coefficient (Wildman–Crippen LogP) is 2.44. The number of esters is 1. The van der Waals surface area contributed by atoms with Gasteiger partial charge in [-0.05, 0) is 37.4 Å². The van der Waals surface area contributed by atoms with E-state index in [1.807, 2.05) is 36.6 Å². The topological polar surface area (TPSA) is 75.7 Å². The molecule has 0 saturated carbocycles. The van der Waals surface area contributed by atoms with E-state index in [0.29, 0.717) is 5.69 Å². The van der Waals surface area contributed by atoms with E-state index < -0.39 is 29.4 Å².